The normalized spacial score (nSPS) is 12.6. The molecule has 24 heavy (non-hydrogen) atoms. The summed E-state index contributed by atoms with van der Waals surface area (Å²) in [7, 11) is 0. The molecule has 0 saturated heterocycles. The lowest BCUT2D eigenvalue weighted by atomic mass is 10.2. The third-order valence-electron chi connectivity index (χ3n) is 3.91. The van der Waals surface area contributed by atoms with Gasteiger partial charge in [-0.25, -0.2) is 4.98 Å². The highest BCUT2D eigenvalue weighted by molar-refractivity contribution is 6.53. The van der Waals surface area contributed by atoms with Crippen molar-refractivity contribution in [2.45, 2.75) is 38.2 Å². The molecular weight excluding hydrogens is 373 g/mol. The van der Waals surface area contributed by atoms with Crippen LogP contribution >= 0.6 is 34.8 Å². The molecule has 2 aromatic rings. The third-order valence-corrected chi connectivity index (χ3v) is 4.52. The van der Waals surface area contributed by atoms with Crippen molar-refractivity contribution in [1.82, 2.24) is 14.5 Å². The van der Waals surface area contributed by atoms with E-state index in [0.29, 0.717) is 34.8 Å². The zero-order chi connectivity index (χ0) is 18.0. The standard InChI is InChI=1S/C16H18Cl3N3O2/c1-4-21(16(24)13(18)19)9(3)14-20-12-7-6-10(17)8-11(12)15(23)22(14)5-2/h6-9,13H,4-5H2,1-3H3. The van der Waals surface area contributed by atoms with E-state index in [2.05, 4.69) is 4.98 Å². The van der Waals surface area contributed by atoms with Crippen molar-refractivity contribution in [2.75, 3.05) is 6.54 Å². The summed E-state index contributed by atoms with van der Waals surface area (Å²) in [6.07, 6.45) is 0. The van der Waals surface area contributed by atoms with Crippen LogP contribution in [0.25, 0.3) is 10.9 Å². The van der Waals surface area contributed by atoms with Crippen LogP contribution < -0.4 is 5.56 Å². The van der Waals surface area contributed by atoms with Crippen LogP contribution in [0.2, 0.25) is 5.02 Å². The maximum atomic E-state index is 12.8. The van der Waals surface area contributed by atoms with E-state index in [0.717, 1.165) is 0 Å². The first kappa shape index (κ1) is 19.0. The monoisotopic (exact) mass is 389 g/mol. The minimum Gasteiger partial charge on any atom is -0.331 e. The van der Waals surface area contributed by atoms with E-state index in [-0.39, 0.29) is 5.56 Å². The first-order valence-corrected chi connectivity index (χ1v) is 8.85. The Morgan fingerprint density at radius 2 is 2.00 bits per heavy atom. The van der Waals surface area contributed by atoms with E-state index in [4.69, 9.17) is 34.8 Å². The zero-order valence-electron chi connectivity index (χ0n) is 13.6. The first-order valence-electron chi connectivity index (χ1n) is 7.60. The molecule has 1 heterocycles. The molecule has 0 aliphatic carbocycles. The minimum absolute atomic E-state index is 0.191. The fourth-order valence-corrected chi connectivity index (χ4v) is 3.14. The van der Waals surface area contributed by atoms with Gasteiger partial charge in [-0.1, -0.05) is 34.8 Å². The van der Waals surface area contributed by atoms with E-state index < -0.39 is 16.8 Å². The summed E-state index contributed by atoms with van der Waals surface area (Å²) in [5, 5.41) is 0.921. The van der Waals surface area contributed by atoms with Crippen LogP contribution in [0.15, 0.2) is 23.0 Å². The van der Waals surface area contributed by atoms with Crippen molar-refractivity contribution >= 4 is 51.6 Å². The summed E-state index contributed by atoms with van der Waals surface area (Å²) in [5.41, 5.74) is 0.344. The molecule has 0 N–H and O–H groups in total. The lowest BCUT2D eigenvalue weighted by Crippen LogP contribution is -2.40. The number of rotatable bonds is 5. The van der Waals surface area contributed by atoms with Gasteiger partial charge < -0.3 is 4.90 Å². The molecule has 0 aliphatic heterocycles. The molecule has 5 nitrogen and oxygen atoms in total. The van der Waals surface area contributed by atoms with Crippen molar-refractivity contribution < 1.29 is 4.79 Å². The second-order valence-corrected chi connectivity index (χ2v) is 6.81. The molecule has 0 radical (unpaired) electrons. The summed E-state index contributed by atoms with van der Waals surface area (Å²) < 4.78 is 1.54. The van der Waals surface area contributed by atoms with Crippen molar-refractivity contribution in [3.63, 3.8) is 0 Å². The Bertz CT molecular complexity index is 820. The molecule has 0 spiro atoms. The topological polar surface area (TPSA) is 55.2 Å². The van der Waals surface area contributed by atoms with Gasteiger partial charge in [-0.15, -0.1) is 0 Å². The van der Waals surface area contributed by atoms with E-state index >= 15 is 0 Å². The van der Waals surface area contributed by atoms with Gasteiger partial charge >= 0.3 is 0 Å². The van der Waals surface area contributed by atoms with Gasteiger partial charge in [0.05, 0.1) is 16.9 Å². The van der Waals surface area contributed by atoms with Crippen LogP contribution in [0.3, 0.4) is 0 Å². The lowest BCUT2D eigenvalue weighted by molar-refractivity contribution is -0.131. The Morgan fingerprint density at radius 3 is 2.54 bits per heavy atom. The summed E-state index contributed by atoms with van der Waals surface area (Å²) in [5.74, 6) is 0.0722. The maximum Gasteiger partial charge on any atom is 0.261 e. The van der Waals surface area contributed by atoms with Gasteiger partial charge in [0, 0.05) is 18.1 Å². The molecule has 0 aliphatic rings. The van der Waals surface area contributed by atoms with Crippen molar-refractivity contribution in [3.8, 4) is 0 Å². The Balaban J connectivity index is 2.64. The average Bonchev–Trinajstić information content (AvgIpc) is 2.55. The molecule has 1 aromatic heterocycles. The van der Waals surface area contributed by atoms with Crippen LogP contribution in [-0.4, -0.2) is 31.7 Å². The van der Waals surface area contributed by atoms with Crippen molar-refractivity contribution in [2.24, 2.45) is 0 Å². The van der Waals surface area contributed by atoms with Gasteiger partial charge in [-0.3, -0.25) is 14.2 Å². The average molecular weight is 391 g/mol. The van der Waals surface area contributed by atoms with Gasteiger partial charge in [0.2, 0.25) is 0 Å². The number of carbonyl (C=O) groups excluding carboxylic acids is 1. The Labute approximate surface area is 155 Å². The van der Waals surface area contributed by atoms with Crippen LogP contribution in [0.1, 0.15) is 32.6 Å². The molecule has 1 unspecified atom stereocenters. The van der Waals surface area contributed by atoms with Crippen LogP contribution in [0.4, 0.5) is 0 Å². The number of halogens is 3. The van der Waals surface area contributed by atoms with Crippen molar-refractivity contribution in [1.29, 1.82) is 0 Å². The van der Waals surface area contributed by atoms with E-state index in [1.807, 2.05) is 13.8 Å². The molecular formula is C16H18Cl3N3O2. The summed E-state index contributed by atoms with van der Waals surface area (Å²) in [4.78, 5) is 29.9. The number of fused-ring (bicyclic) bond motifs is 1. The van der Waals surface area contributed by atoms with Gasteiger partial charge in [0.1, 0.15) is 5.82 Å². The third kappa shape index (κ3) is 3.53. The maximum absolute atomic E-state index is 12.8. The van der Waals surface area contributed by atoms with Crippen LogP contribution in [0.5, 0.6) is 0 Å². The largest absolute Gasteiger partial charge is 0.331 e. The molecule has 1 amide bonds. The number of hydrogen-bond acceptors (Lipinski definition) is 3. The van der Waals surface area contributed by atoms with Gasteiger partial charge in [-0.05, 0) is 39.0 Å². The highest BCUT2D eigenvalue weighted by atomic mass is 35.5. The number of alkyl halides is 2. The van der Waals surface area contributed by atoms with Crippen molar-refractivity contribution in [3.05, 3.63) is 39.4 Å². The second-order valence-electron chi connectivity index (χ2n) is 5.28. The molecule has 130 valence electrons. The molecule has 8 heteroatoms. The second kappa shape index (κ2) is 7.72. The molecule has 0 bridgehead atoms. The smallest absolute Gasteiger partial charge is 0.261 e. The van der Waals surface area contributed by atoms with Gasteiger partial charge in [-0.2, -0.15) is 0 Å². The predicted octanol–water partition coefficient (Wildman–Crippen LogP) is 3.78. The SMILES string of the molecule is CCN(C(=O)C(Cl)Cl)C(C)c1nc2ccc(Cl)cc2c(=O)n1CC. The highest BCUT2D eigenvalue weighted by Crippen LogP contribution is 2.23. The summed E-state index contributed by atoms with van der Waals surface area (Å²) in [6, 6.07) is 4.52. The van der Waals surface area contributed by atoms with Crippen LogP contribution in [0, 0.1) is 0 Å². The lowest BCUT2D eigenvalue weighted by Gasteiger charge is -2.29. The predicted molar refractivity (Wildman–Crippen MR) is 98.0 cm³/mol. The number of amides is 1. The molecule has 0 saturated carbocycles. The molecule has 0 fully saturated rings. The highest BCUT2D eigenvalue weighted by Gasteiger charge is 2.27. The number of hydrogen-bond donors (Lipinski definition) is 0. The molecule has 1 atom stereocenters. The van der Waals surface area contributed by atoms with Crippen LogP contribution in [-0.2, 0) is 11.3 Å². The quantitative estimate of drug-likeness (QED) is 0.730. The number of aromatic nitrogens is 2. The summed E-state index contributed by atoms with van der Waals surface area (Å²) in [6.45, 7) is 6.28. The van der Waals surface area contributed by atoms with Gasteiger partial charge in [0.15, 0.2) is 4.84 Å². The minimum atomic E-state index is -1.16. The first-order chi connectivity index (χ1) is 11.3. The van der Waals surface area contributed by atoms with E-state index in [9.17, 15) is 9.59 Å². The Hall–Kier alpha value is -1.30. The summed E-state index contributed by atoms with van der Waals surface area (Å²) >= 11 is 17.4. The van der Waals surface area contributed by atoms with E-state index in [1.54, 1.807) is 25.1 Å². The molecule has 1 aromatic carbocycles. The zero-order valence-corrected chi connectivity index (χ0v) is 15.9. The fourth-order valence-electron chi connectivity index (χ4n) is 2.72. The van der Waals surface area contributed by atoms with Gasteiger partial charge in [0.25, 0.3) is 11.5 Å². The van der Waals surface area contributed by atoms with E-state index in [1.165, 1.54) is 9.47 Å². The number of carbonyl (C=O) groups is 1. The fraction of sp³-hybridized carbons (Fsp3) is 0.438. The number of benzene rings is 1. The molecule has 2 rings (SSSR count). The number of nitrogens with zero attached hydrogens (tertiary/aromatic N) is 3. The Morgan fingerprint density at radius 1 is 1.33 bits per heavy atom. The Kier molecular flexibility index (Phi) is 6.12.